The highest BCUT2D eigenvalue weighted by molar-refractivity contribution is 5.76. The molecule has 2 unspecified atom stereocenters. The van der Waals surface area contributed by atoms with Gasteiger partial charge in [-0.1, -0.05) is 327 Å². The number of carbonyl (C=O) groups excluding carboxylic acids is 2. The van der Waals surface area contributed by atoms with Crippen molar-refractivity contribution in [1.29, 1.82) is 0 Å². The minimum absolute atomic E-state index is 0.000546. The van der Waals surface area contributed by atoms with Gasteiger partial charge in [0.05, 0.1) is 25.4 Å². The second-order valence-corrected chi connectivity index (χ2v) is 23.2. The lowest BCUT2D eigenvalue weighted by Gasteiger charge is -2.20. The van der Waals surface area contributed by atoms with E-state index in [2.05, 4.69) is 31.3 Å². The van der Waals surface area contributed by atoms with Gasteiger partial charge in [0.1, 0.15) is 0 Å². The summed E-state index contributed by atoms with van der Waals surface area (Å²) in [6.45, 7) is 4.92. The van der Waals surface area contributed by atoms with E-state index in [4.69, 9.17) is 4.74 Å². The molecule has 0 rings (SSSR count). The van der Waals surface area contributed by atoms with E-state index in [9.17, 15) is 19.8 Å². The van der Waals surface area contributed by atoms with E-state index in [0.717, 1.165) is 64.2 Å². The maximum absolute atomic E-state index is 12.5. The molecule has 0 bridgehead atoms. The average Bonchev–Trinajstić information content (AvgIpc) is 3.40. The van der Waals surface area contributed by atoms with Gasteiger partial charge in [-0.2, -0.15) is 0 Å². The molecule has 0 saturated heterocycles. The summed E-state index contributed by atoms with van der Waals surface area (Å²) in [6.07, 6.45) is 79.5. The maximum atomic E-state index is 12.5. The third-order valence-corrected chi connectivity index (χ3v) is 15.7. The van der Waals surface area contributed by atoms with Crippen LogP contribution in [0, 0.1) is 0 Å². The summed E-state index contributed by atoms with van der Waals surface area (Å²) in [4.78, 5) is 24.6. The van der Waals surface area contributed by atoms with Crippen molar-refractivity contribution in [2.45, 2.75) is 386 Å². The van der Waals surface area contributed by atoms with Gasteiger partial charge in [0.2, 0.25) is 5.91 Å². The van der Waals surface area contributed by atoms with Gasteiger partial charge >= 0.3 is 5.97 Å². The summed E-state index contributed by atoms with van der Waals surface area (Å²) in [6, 6.07) is -0.641. The zero-order valence-electron chi connectivity index (χ0n) is 50.1. The summed E-state index contributed by atoms with van der Waals surface area (Å²) in [7, 11) is 0. The molecule has 3 N–H and O–H groups in total. The van der Waals surface area contributed by atoms with Crippen LogP contribution in [0.2, 0.25) is 0 Å². The SMILES string of the molecule is CCCCCCCCCCCCCCCCCCCCCCCCC/C=C/C(O)C(CO)NC(=O)CCCCCCC/C=C\CCCCCCCCCOC(=O)CCCCCCCCCCCCCCCCCC. The molecule has 0 saturated carbocycles. The number of hydrogen-bond acceptors (Lipinski definition) is 5. The Labute approximate surface area is 462 Å². The Morgan fingerprint density at radius 2 is 0.635 bits per heavy atom. The molecule has 6 nitrogen and oxygen atoms in total. The lowest BCUT2D eigenvalue weighted by Crippen LogP contribution is -2.45. The molecule has 0 aliphatic carbocycles. The topological polar surface area (TPSA) is 95.9 Å². The lowest BCUT2D eigenvalue weighted by atomic mass is 10.0. The van der Waals surface area contributed by atoms with E-state index in [1.54, 1.807) is 6.08 Å². The second-order valence-electron chi connectivity index (χ2n) is 23.2. The molecule has 438 valence electrons. The third-order valence-electron chi connectivity index (χ3n) is 15.7. The number of aliphatic hydroxyl groups excluding tert-OH is 2. The van der Waals surface area contributed by atoms with Crippen molar-refractivity contribution < 1.29 is 24.5 Å². The van der Waals surface area contributed by atoms with Crippen LogP contribution in [-0.2, 0) is 14.3 Å². The summed E-state index contributed by atoms with van der Waals surface area (Å²) in [5.74, 6) is -0.0803. The summed E-state index contributed by atoms with van der Waals surface area (Å²) in [5, 5.41) is 23.2. The number of unbranched alkanes of at least 4 members (excludes halogenated alkanes) is 50. The van der Waals surface area contributed by atoms with Crippen LogP contribution in [0.3, 0.4) is 0 Å². The molecule has 0 spiro atoms. The van der Waals surface area contributed by atoms with Gasteiger partial charge in [-0.15, -0.1) is 0 Å². The first-order chi connectivity index (χ1) is 36.5. The Bertz CT molecular complexity index is 1150. The van der Waals surface area contributed by atoms with E-state index in [1.807, 2.05) is 6.08 Å². The van der Waals surface area contributed by atoms with Gasteiger partial charge in [0.25, 0.3) is 0 Å². The van der Waals surface area contributed by atoms with Crippen molar-refractivity contribution in [3.63, 3.8) is 0 Å². The fourth-order valence-electron chi connectivity index (χ4n) is 10.6. The Kier molecular flexibility index (Phi) is 62.4. The van der Waals surface area contributed by atoms with Crippen molar-refractivity contribution >= 4 is 11.9 Å². The molecule has 0 heterocycles. The Hall–Kier alpha value is -1.66. The van der Waals surface area contributed by atoms with Gasteiger partial charge in [0.15, 0.2) is 0 Å². The molecular weight excluding hydrogens is 911 g/mol. The first-order valence-electron chi connectivity index (χ1n) is 33.6. The van der Waals surface area contributed by atoms with Crippen molar-refractivity contribution in [2.24, 2.45) is 0 Å². The minimum atomic E-state index is -0.856. The zero-order chi connectivity index (χ0) is 53.6. The molecule has 1 amide bonds. The second kappa shape index (κ2) is 63.9. The molecule has 0 aromatic rings. The Morgan fingerprint density at radius 3 is 0.959 bits per heavy atom. The summed E-state index contributed by atoms with van der Waals surface area (Å²) in [5.41, 5.74) is 0. The predicted molar refractivity (Wildman–Crippen MR) is 324 cm³/mol. The monoisotopic (exact) mass is 1040 g/mol. The lowest BCUT2D eigenvalue weighted by molar-refractivity contribution is -0.143. The number of amides is 1. The van der Waals surface area contributed by atoms with E-state index < -0.39 is 12.1 Å². The van der Waals surface area contributed by atoms with E-state index in [-0.39, 0.29) is 18.5 Å². The van der Waals surface area contributed by atoms with Crippen LogP contribution < -0.4 is 5.32 Å². The standard InChI is InChI=1S/C68H131NO5/c1-3-5-7-9-11-13-15-17-19-21-22-23-24-25-26-27-28-29-32-36-40-44-48-52-56-60-66(71)65(64-70)69-67(72)61-57-53-49-45-41-37-33-30-31-35-39-43-47-51-55-59-63-74-68(73)62-58-54-50-46-42-38-34-20-18-16-14-12-10-8-6-4-2/h30,33,56,60,65-66,70-71H,3-29,31-32,34-55,57-59,61-64H2,1-2H3,(H,69,72)/b33-30-,60-56+. The van der Waals surface area contributed by atoms with Crippen LogP contribution in [0.5, 0.6) is 0 Å². The van der Waals surface area contributed by atoms with Crippen LogP contribution in [0.1, 0.15) is 373 Å². The highest BCUT2D eigenvalue weighted by Crippen LogP contribution is 2.18. The summed E-state index contributed by atoms with van der Waals surface area (Å²) >= 11 is 0. The van der Waals surface area contributed by atoms with Crippen LogP contribution in [0.4, 0.5) is 0 Å². The van der Waals surface area contributed by atoms with Crippen molar-refractivity contribution in [1.82, 2.24) is 5.32 Å². The van der Waals surface area contributed by atoms with Crippen LogP contribution in [0.15, 0.2) is 24.3 Å². The van der Waals surface area contributed by atoms with E-state index in [1.165, 1.54) is 283 Å². The van der Waals surface area contributed by atoms with Gasteiger partial charge in [-0.3, -0.25) is 9.59 Å². The molecule has 0 aliphatic heterocycles. The highest BCUT2D eigenvalue weighted by Gasteiger charge is 2.18. The van der Waals surface area contributed by atoms with Crippen LogP contribution >= 0.6 is 0 Å². The summed E-state index contributed by atoms with van der Waals surface area (Å²) < 4.78 is 5.49. The van der Waals surface area contributed by atoms with Gasteiger partial charge in [-0.25, -0.2) is 0 Å². The number of ether oxygens (including phenoxy) is 1. The van der Waals surface area contributed by atoms with Gasteiger partial charge in [-0.05, 0) is 57.8 Å². The molecule has 0 aromatic carbocycles. The number of nitrogens with one attached hydrogen (secondary N) is 1. The maximum Gasteiger partial charge on any atom is 0.305 e. The van der Waals surface area contributed by atoms with E-state index >= 15 is 0 Å². The zero-order valence-corrected chi connectivity index (χ0v) is 50.1. The third kappa shape index (κ3) is 59.6. The smallest absolute Gasteiger partial charge is 0.305 e. The molecular formula is C68H131NO5. The molecule has 74 heavy (non-hydrogen) atoms. The minimum Gasteiger partial charge on any atom is -0.466 e. The molecule has 0 aliphatic rings. The fraction of sp³-hybridized carbons (Fsp3) is 0.912. The molecule has 0 fully saturated rings. The normalized spacial score (nSPS) is 12.6. The molecule has 6 heteroatoms. The first-order valence-corrected chi connectivity index (χ1v) is 33.6. The number of carbonyl (C=O) groups is 2. The highest BCUT2D eigenvalue weighted by atomic mass is 16.5. The van der Waals surface area contributed by atoms with Gasteiger partial charge < -0.3 is 20.3 Å². The Morgan fingerprint density at radius 1 is 0.365 bits per heavy atom. The fourth-order valence-corrected chi connectivity index (χ4v) is 10.6. The largest absolute Gasteiger partial charge is 0.466 e. The van der Waals surface area contributed by atoms with Crippen LogP contribution in [-0.4, -0.2) is 47.4 Å². The Balaban J connectivity index is 3.47. The molecule has 0 aromatic heterocycles. The number of aliphatic hydroxyl groups is 2. The van der Waals surface area contributed by atoms with Gasteiger partial charge in [0, 0.05) is 12.8 Å². The molecule has 2 atom stereocenters. The predicted octanol–water partition coefficient (Wildman–Crippen LogP) is 21.4. The number of hydrogen-bond donors (Lipinski definition) is 3. The first kappa shape index (κ1) is 72.3. The number of allylic oxidation sites excluding steroid dienone is 3. The number of esters is 1. The van der Waals surface area contributed by atoms with Crippen molar-refractivity contribution in [3.05, 3.63) is 24.3 Å². The number of rotatable bonds is 63. The van der Waals surface area contributed by atoms with Crippen molar-refractivity contribution in [2.75, 3.05) is 13.2 Å². The van der Waals surface area contributed by atoms with Crippen LogP contribution in [0.25, 0.3) is 0 Å². The molecule has 0 radical (unpaired) electrons. The van der Waals surface area contributed by atoms with Crippen molar-refractivity contribution in [3.8, 4) is 0 Å². The average molecular weight is 1040 g/mol. The quantitative estimate of drug-likeness (QED) is 0.0320. The van der Waals surface area contributed by atoms with E-state index in [0.29, 0.717) is 19.4 Å².